The molecule has 1 atom stereocenters. The summed E-state index contributed by atoms with van der Waals surface area (Å²) in [5.41, 5.74) is 2.09. The second kappa shape index (κ2) is 8.92. The number of benzene rings is 2. The molecule has 2 aromatic rings. The monoisotopic (exact) mass is 323 g/mol. The van der Waals surface area contributed by atoms with Gasteiger partial charge in [-0.2, -0.15) is 0 Å². The quantitative estimate of drug-likeness (QED) is 0.746. The molecule has 0 fully saturated rings. The fourth-order valence-electron chi connectivity index (χ4n) is 2.43. The third kappa shape index (κ3) is 5.58. The van der Waals surface area contributed by atoms with Crippen LogP contribution in [0.25, 0.3) is 6.08 Å². The van der Waals surface area contributed by atoms with E-state index in [9.17, 15) is 4.79 Å². The van der Waals surface area contributed by atoms with Crippen molar-refractivity contribution in [3.8, 4) is 5.75 Å². The minimum absolute atomic E-state index is 0.0326. The van der Waals surface area contributed by atoms with Crippen LogP contribution in [0.2, 0.25) is 0 Å². The zero-order valence-electron chi connectivity index (χ0n) is 14.5. The van der Waals surface area contributed by atoms with Gasteiger partial charge in [0.25, 0.3) is 0 Å². The van der Waals surface area contributed by atoms with E-state index in [1.165, 1.54) is 0 Å². The van der Waals surface area contributed by atoms with Crippen LogP contribution in [0, 0.1) is 0 Å². The molecule has 0 saturated heterocycles. The molecule has 1 N–H and O–H groups in total. The normalized spacial score (nSPS) is 12.3. The number of carbonyl (C=O) groups excluding carboxylic acids is 1. The molecular formula is C21H25NO2. The second-order valence-corrected chi connectivity index (χ2v) is 5.95. The van der Waals surface area contributed by atoms with E-state index in [1.54, 1.807) is 6.08 Å². The first-order valence-corrected chi connectivity index (χ1v) is 8.38. The summed E-state index contributed by atoms with van der Waals surface area (Å²) in [7, 11) is 0. The molecule has 0 radical (unpaired) electrons. The minimum Gasteiger partial charge on any atom is -0.491 e. The summed E-state index contributed by atoms with van der Waals surface area (Å²) < 4.78 is 5.61. The van der Waals surface area contributed by atoms with Gasteiger partial charge in [-0.1, -0.05) is 49.4 Å². The predicted octanol–water partition coefficient (Wildman–Crippen LogP) is 4.75. The van der Waals surface area contributed by atoms with Gasteiger partial charge in [0.15, 0.2) is 0 Å². The van der Waals surface area contributed by atoms with Gasteiger partial charge in [0.2, 0.25) is 5.91 Å². The SMILES string of the molecule is CCC(NC(=O)C=Cc1ccc(OC(C)C)cc1)c1ccccc1. The molecule has 0 aliphatic rings. The number of nitrogens with one attached hydrogen (secondary N) is 1. The fraction of sp³-hybridized carbons (Fsp3) is 0.286. The van der Waals surface area contributed by atoms with E-state index in [1.807, 2.05) is 74.5 Å². The molecule has 0 aliphatic carbocycles. The average Bonchev–Trinajstić information content (AvgIpc) is 2.59. The van der Waals surface area contributed by atoms with E-state index in [0.717, 1.165) is 23.3 Å². The summed E-state index contributed by atoms with van der Waals surface area (Å²) in [6.07, 6.45) is 4.39. The fourth-order valence-corrected chi connectivity index (χ4v) is 2.43. The van der Waals surface area contributed by atoms with Crippen molar-refractivity contribution in [1.82, 2.24) is 5.32 Å². The summed E-state index contributed by atoms with van der Waals surface area (Å²) in [4.78, 5) is 12.1. The smallest absolute Gasteiger partial charge is 0.244 e. The number of hydrogen-bond acceptors (Lipinski definition) is 2. The lowest BCUT2D eigenvalue weighted by atomic mass is 10.0. The molecular weight excluding hydrogens is 298 g/mol. The van der Waals surface area contributed by atoms with Crippen LogP contribution in [0.5, 0.6) is 5.75 Å². The van der Waals surface area contributed by atoms with Gasteiger partial charge in [0.05, 0.1) is 12.1 Å². The van der Waals surface area contributed by atoms with Crippen molar-refractivity contribution in [1.29, 1.82) is 0 Å². The third-order valence-electron chi connectivity index (χ3n) is 3.61. The molecule has 0 heterocycles. The first-order valence-electron chi connectivity index (χ1n) is 8.38. The van der Waals surface area contributed by atoms with Gasteiger partial charge in [-0.15, -0.1) is 0 Å². The van der Waals surface area contributed by atoms with E-state index in [-0.39, 0.29) is 18.1 Å². The zero-order chi connectivity index (χ0) is 17.4. The van der Waals surface area contributed by atoms with Crippen LogP contribution in [-0.2, 0) is 4.79 Å². The highest BCUT2D eigenvalue weighted by Gasteiger charge is 2.10. The Morgan fingerprint density at radius 2 is 1.75 bits per heavy atom. The standard InChI is InChI=1S/C21H25NO2/c1-4-20(18-8-6-5-7-9-18)22-21(23)15-12-17-10-13-19(14-11-17)24-16(2)3/h5-16,20H,4H2,1-3H3,(H,22,23). The van der Waals surface area contributed by atoms with E-state index in [2.05, 4.69) is 12.2 Å². The van der Waals surface area contributed by atoms with Gasteiger partial charge in [-0.25, -0.2) is 0 Å². The van der Waals surface area contributed by atoms with Gasteiger partial charge in [0.1, 0.15) is 5.75 Å². The first-order chi connectivity index (χ1) is 11.6. The summed E-state index contributed by atoms with van der Waals surface area (Å²) >= 11 is 0. The summed E-state index contributed by atoms with van der Waals surface area (Å²) in [6, 6.07) is 17.8. The second-order valence-electron chi connectivity index (χ2n) is 5.95. The van der Waals surface area contributed by atoms with E-state index in [4.69, 9.17) is 4.74 Å². The molecule has 126 valence electrons. The lowest BCUT2D eigenvalue weighted by Gasteiger charge is -2.16. The highest BCUT2D eigenvalue weighted by molar-refractivity contribution is 5.92. The van der Waals surface area contributed by atoms with Gasteiger partial charge in [0, 0.05) is 6.08 Å². The van der Waals surface area contributed by atoms with Gasteiger partial charge in [-0.3, -0.25) is 4.79 Å². The Balaban J connectivity index is 1.94. The Morgan fingerprint density at radius 1 is 1.08 bits per heavy atom. The topological polar surface area (TPSA) is 38.3 Å². The molecule has 0 bridgehead atoms. The molecule has 0 saturated carbocycles. The van der Waals surface area contributed by atoms with E-state index >= 15 is 0 Å². The van der Waals surface area contributed by atoms with E-state index < -0.39 is 0 Å². The summed E-state index contributed by atoms with van der Waals surface area (Å²) in [6.45, 7) is 6.05. The third-order valence-corrected chi connectivity index (χ3v) is 3.61. The number of hydrogen-bond donors (Lipinski definition) is 1. The Bertz CT molecular complexity index is 660. The van der Waals surface area contributed by atoms with Crippen molar-refractivity contribution in [2.24, 2.45) is 0 Å². The van der Waals surface area contributed by atoms with E-state index in [0.29, 0.717) is 0 Å². The number of rotatable bonds is 7. The summed E-state index contributed by atoms with van der Waals surface area (Å²) in [5.74, 6) is 0.745. The molecule has 1 amide bonds. The van der Waals surface area contributed by atoms with Crippen molar-refractivity contribution in [3.05, 3.63) is 71.8 Å². The lowest BCUT2D eigenvalue weighted by molar-refractivity contribution is -0.117. The van der Waals surface area contributed by atoms with Gasteiger partial charge >= 0.3 is 0 Å². The zero-order valence-corrected chi connectivity index (χ0v) is 14.5. The first kappa shape index (κ1) is 17.8. The molecule has 1 unspecified atom stereocenters. The largest absolute Gasteiger partial charge is 0.491 e. The average molecular weight is 323 g/mol. The van der Waals surface area contributed by atoms with Crippen molar-refractivity contribution < 1.29 is 9.53 Å². The summed E-state index contributed by atoms with van der Waals surface area (Å²) in [5, 5.41) is 3.04. The Labute approximate surface area is 144 Å². The Morgan fingerprint density at radius 3 is 2.33 bits per heavy atom. The van der Waals surface area contributed by atoms with Crippen LogP contribution in [0.3, 0.4) is 0 Å². The maximum atomic E-state index is 12.1. The van der Waals surface area contributed by atoms with Crippen LogP contribution in [0.15, 0.2) is 60.7 Å². The molecule has 0 spiro atoms. The molecule has 24 heavy (non-hydrogen) atoms. The van der Waals surface area contributed by atoms with Crippen LogP contribution in [0.1, 0.15) is 44.4 Å². The van der Waals surface area contributed by atoms with Crippen LogP contribution in [-0.4, -0.2) is 12.0 Å². The van der Waals surface area contributed by atoms with Crippen LogP contribution in [0.4, 0.5) is 0 Å². The molecule has 2 aromatic carbocycles. The van der Waals surface area contributed by atoms with Gasteiger partial charge in [-0.05, 0) is 49.6 Å². The lowest BCUT2D eigenvalue weighted by Crippen LogP contribution is -2.26. The number of amides is 1. The van der Waals surface area contributed by atoms with Crippen molar-refractivity contribution in [2.45, 2.75) is 39.3 Å². The molecule has 0 aliphatic heterocycles. The number of ether oxygens (including phenoxy) is 1. The Hall–Kier alpha value is -2.55. The van der Waals surface area contributed by atoms with Crippen LogP contribution < -0.4 is 10.1 Å². The predicted molar refractivity (Wildman–Crippen MR) is 98.9 cm³/mol. The Kier molecular flexibility index (Phi) is 6.62. The highest BCUT2D eigenvalue weighted by atomic mass is 16.5. The highest BCUT2D eigenvalue weighted by Crippen LogP contribution is 2.17. The maximum absolute atomic E-state index is 12.1. The number of carbonyl (C=O) groups is 1. The molecule has 0 aromatic heterocycles. The molecule has 2 rings (SSSR count). The molecule has 3 heteroatoms. The van der Waals surface area contributed by atoms with Crippen molar-refractivity contribution in [2.75, 3.05) is 0 Å². The molecule has 3 nitrogen and oxygen atoms in total. The van der Waals surface area contributed by atoms with Crippen molar-refractivity contribution >= 4 is 12.0 Å². The van der Waals surface area contributed by atoms with Crippen molar-refractivity contribution in [3.63, 3.8) is 0 Å². The van der Waals surface area contributed by atoms with Crippen LogP contribution >= 0.6 is 0 Å². The minimum atomic E-state index is -0.0896. The maximum Gasteiger partial charge on any atom is 0.244 e. The van der Waals surface area contributed by atoms with Gasteiger partial charge < -0.3 is 10.1 Å².